The first-order valence-corrected chi connectivity index (χ1v) is 9.69. The molecule has 1 atom stereocenters. The van der Waals surface area contributed by atoms with Crippen LogP contribution in [0.3, 0.4) is 0 Å². The molecule has 0 saturated heterocycles. The van der Waals surface area contributed by atoms with Crippen molar-refractivity contribution in [2.45, 2.75) is 30.8 Å². The highest BCUT2D eigenvalue weighted by atomic mass is 32.2. The van der Waals surface area contributed by atoms with Crippen molar-refractivity contribution < 1.29 is 27.1 Å². The molecule has 2 N–H and O–H groups in total. The van der Waals surface area contributed by atoms with E-state index in [9.17, 15) is 22.4 Å². The van der Waals surface area contributed by atoms with Crippen LogP contribution in [0, 0.1) is 5.82 Å². The van der Waals surface area contributed by atoms with Gasteiger partial charge in [-0.3, -0.25) is 9.59 Å². The summed E-state index contributed by atoms with van der Waals surface area (Å²) in [6.07, 6.45) is -0.591. The number of hydrogen-bond acceptors (Lipinski definition) is 5. The highest BCUT2D eigenvalue weighted by Crippen LogP contribution is 2.32. The molecule has 0 unspecified atom stereocenters. The fourth-order valence-corrected chi connectivity index (χ4v) is 3.63. The number of carbonyl (C=O) groups is 2. The van der Waals surface area contributed by atoms with E-state index < -0.39 is 34.3 Å². The molecule has 1 aliphatic heterocycles. The van der Waals surface area contributed by atoms with Gasteiger partial charge in [-0.1, -0.05) is 25.1 Å². The number of benzene rings is 2. The number of anilines is 1. The SMILES string of the molecule is CC[C@@H]1Oc2ccc(S(=O)(=O)NC(=O)Cc3ccccc3F)cc2NC1=O. The lowest BCUT2D eigenvalue weighted by molar-refractivity contribution is -0.123. The molecule has 2 amide bonds. The van der Waals surface area contributed by atoms with Crippen LogP contribution in [0.5, 0.6) is 5.75 Å². The maximum absolute atomic E-state index is 13.6. The van der Waals surface area contributed by atoms with E-state index in [1.165, 1.54) is 36.4 Å². The molecule has 27 heavy (non-hydrogen) atoms. The number of hydrogen-bond donors (Lipinski definition) is 2. The standard InChI is InChI=1S/C18H17FN2O5S/c1-2-15-18(23)20-14-10-12(7-8-16(14)26-15)27(24,25)21-17(22)9-11-5-3-4-6-13(11)19/h3-8,10,15H,2,9H2,1H3,(H,20,23)(H,21,22)/t15-/m0/s1. The Balaban J connectivity index is 1.77. The molecule has 0 radical (unpaired) electrons. The Morgan fingerprint density at radius 1 is 1.26 bits per heavy atom. The minimum absolute atomic E-state index is 0.0851. The molecule has 2 aromatic rings. The van der Waals surface area contributed by atoms with Crippen molar-refractivity contribution in [2.75, 3.05) is 5.32 Å². The monoisotopic (exact) mass is 392 g/mol. The van der Waals surface area contributed by atoms with Gasteiger partial charge in [0, 0.05) is 0 Å². The lowest BCUT2D eigenvalue weighted by atomic mass is 10.1. The molecule has 142 valence electrons. The third kappa shape index (κ3) is 4.08. The first-order valence-electron chi connectivity index (χ1n) is 8.21. The fourth-order valence-electron chi connectivity index (χ4n) is 2.63. The summed E-state index contributed by atoms with van der Waals surface area (Å²) >= 11 is 0. The Morgan fingerprint density at radius 3 is 2.70 bits per heavy atom. The second-order valence-corrected chi connectivity index (χ2v) is 7.64. The van der Waals surface area contributed by atoms with Crippen molar-refractivity contribution in [2.24, 2.45) is 0 Å². The van der Waals surface area contributed by atoms with Gasteiger partial charge >= 0.3 is 0 Å². The highest BCUT2D eigenvalue weighted by molar-refractivity contribution is 7.90. The molecule has 0 aliphatic carbocycles. The van der Waals surface area contributed by atoms with Gasteiger partial charge in [0.25, 0.3) is 15.9 Å². The van der Waals surface area contributed by atoms with Gasteiger partial charge in [0.05, 0.1) is 17.0 Å². The summed E-state index contributed by atoms with van der Waals surface area (Å²) in [4.78, 5) is 23.7. The average Bonchev–Trinajstić information content (AvgIpc) is 2.62. The van der Waals surface area contributed by atoms with Crippen LogP contribution in [0.2, 0.25) is 0 Å². The lowest BCUT2D eigenvalue weighted by Crippen LogP contribution is -2.36. The highest BCUT2D eigenvalue weighted by Gasteiger charge is 2.28. The molecule has 2 aromatic carbocycles. The maximum atomic E-state index is 13.6. The molecule has 1 heterocycles. The number of nitrogens with one attached hydrogen (secondary N) is 2. The van der Waals surface area contributed by atoms with Crippen LogP contribution in [0.4, 0.5) is 10.1 Å². The number of fused-ring (bicyclic) bond motifs is 1. The Morgan fingerprint density at radius 2 is 2.00 bits per heavy atom. The molecule has 9 heteroatoms. The summed E-state index contributed by atoms with van der Waals surface area (Å²) in [5, 5.41) is 2.58. The minimum atomic E-state index is -4.19. The molecule has 0 spiro atoms. The zero-order valence-corrected chi connectivity index (χ0v) is 15.2. The second kappa shape index (κ2) is 7.36. The summed E-state index contributed by atoms with van der Waals surface area (Å²) in [6, 6.07) is 9.49. The molecule has 0 saturated carbocycles. The number of ether oxygens (including phenoxy) is 1. The zero-order chi connectivity index (χ0) is 19.6. The molecule has 0 fully saturated rings. The summed E-state index contributed by atoms with van der Waals surface area (Å²) in [5.74, 6) is -1.49. The Kier molecular flexibility index (Phi) is 5.13. The van der Waals surface area contributed by atoms with E-state index in [0.29, 0.717) is 12.2 Å². The van der Waals surface area contributed by atoms with Crippen LogP contribution in [0.25, 0.3) is 0 Å². The van der Waals surface area contributed by atoms with Gasteiger partial charge in [0.2, 0.25) is 5.91 Å². The van der Waals surface area contributed by atoms with E-state index >= 15 is 0 Å². The third-order valence-corrected chi connectivity index (χ3v) is 5.38. The molecule has 7 nitrogen and oxygen atoms in total. The number of amides is 2. The van der Waals surface area contributed by atoms with Gasteiger partial charge in [-0.15, -0.1) is 0 Å². The largest absolute Gasteiger partial charge is 0.478 e. The van der Waals surface area contributed by atoms with Crippen molar-refractivity contribution in [3.63, 3.8) is 0 Å². The van der Waals surface area contributed by atoms with Crippen LogP contribution in [-0.2, 0) is 26.0 Å². The summed E-state index contributed by atoms with van der Waals surface area (Å²) in [7, 11) is -4.19. The Bertz CT molecular complexity index is 1010. The molecule has 1 aliphatic rings. The van der Waals surface area contributed by atoms with Gasteiger partial charge in [-0.05, 0) is 36.2 Å². The van der Waals surface area contributed by atoms with Crippen molar-refractivity contribution in [3.05, 3.63) is 53.8 Å². The van der Waals surface area contributed by atoms with Gasteiger partial charge in [-0.25, -0.2) is 17.5 Å². The smallest absolute Gasteiger partial charge is 0.265 e. The van der Waals surface area contributed by atoms with E-state index in [1.807, 2.05) is 4.72 Å². The van der Waals surface area contributed by atoms with Crippen molar-refractivity contribution in [3.8, 4) is 5.75 Å². The Hall–Kier alpha value is -2.94. The average molecular weight is 392 g/mol. The van der Waals surface area contributed by atoms with Crippen LogP contribution in [-0.4, -0.2) is 26.3 Å². The van der Waals surface area contributed by atoms with Crippen LogP contribution in [0.1, 0.15) is 18.9 Å². The second-order valence-electron chi connectivity index (χ2n) is 5.96. The number of rotatable bonds is 5. The van der Waals surface area contributed by atoms with E-state index in [1.54, 1.807) is 13.0 Å². The quantitative estimate of drug-likeness (QED) is 0.810. The molecular weight excluding hydrogens is 375 g/mol. The summed E-state index contributed by atoms with van der Waals surface area (Å²) < 4.78 is 45.9. The topological polar surface area (TPSA) is 102 Å². The van der Waals surface area contributed by atoms with Gasteiger partial charge < -0.3 is 10.1 Å². The summed E-state index contributed by atoms with van der Waals surface area (Å²) in [6.45, 7) is 1.79. The number of sulfonamides is 1. The molecule has 0 bridgehead atoms. The van der Waals surface area contributed by atoms with Gasteiger partial charge in [-0.2, -0.15) is 0 Å². The fraction of sp³-hybridized carbons (Fsp3) is 0.222. The van der Waals surface area contributed by atoms with E-state index in [2.05, 4.69) is 5.32 Å². The van der Waals surface area contributed by atoms with Gasteiger partial charge in [0.15, 0.2) is 6.10 Å². The molecular formula is C18H17FN2O5S. The van der Waals surface area contributed by atoms with Crippen LogP contribution < -0.4 is 14.8 Å². The van der Waals surface area contributed by atoms with Crippen LogP contribution in [0.15, 0.2) is 47.4 Å². The first kappa shape index (κ1) is 18.8. The Labute approximate surface area is 155 Å². The van der Waals surface area contributed by atoms with E-state index in [4.69, 9.17) is 4.74 Å². The predicted molar refractivity (Wildman–Crippen MR) is 95.2 cm³/mol. The first-order chi connectivity index (χ1) is 12.8. The zero-order valence-electron chi connectivity index (χ0n) is 14.4. The number of carbonyl (C=O) groups excluding carboxylic acids is 2. The molecule has 0 aromatic heterocycles. The van der Waals surface area contributed by atoms with E-state index in [0.717, 1.165) is 0 Å². The van der Waals surface area contributed by atoms with Crippen molar-refractivity contribution in [1.82, 2.24) is 4.72 Å². The van der Waals surface area contributed by atoms with Crippen LogP contribution >= 0.6 is 0 Å². The third-order valence-electron chi connectivity index (χ3n) is 4.01. The van der Waals surface area contributed by atoms with E-state index in [-0.39, 0.29) is 22.1 Å². The van der Waals surface area contributed by atoms with Gasteiger partial charge in [0.1, 0.15) is 11.6 Å². The lowest BCUT2D eigenvalue weighted by Gasteiger charge is -2.25. The predicted octanol–water partition coefficient (Wildman–Crippen LogP) is 1.98. The maximum Gasteiger partial charge on any atom is 0.265 e. The molecule has 3 rings (SSSR count). The number of halogens is 1. The normalized spacial score (nSPS) is 16.1. The minimum Gasteiger partial charge on any atom is -0.478 e. The van der Waals surface area contributed by atoms with Crippen molar-refractivity contribution in [1.29, 1.82) is 0 Å². The summed E-state index contributed by atoms with van der Waals surface area (Å²) in [5.41, 5.74) is 0.288. The van der Waals surface area contributed by atoms with Crippen molar-refractivity contribution >= 4 is 27.5 Å².